The Balaban J connectivity index is 1.84. The van der Waals surface area contributed by atoms with Crippen molar-refractivity contribution in [3.63, 3.8) is 0 Å². The molecule has 0 spiro atoms. The first-order chi connectivity index (χ1) is 11.0. The number of carbonyl (C=O) groups excluding carboxylic acids is 1. The van der Waals surface area contributed by atoms with E-state index in [9.17, 15) is 9.59 Å². The molecule has 2 N–H and O–H groups in total. The summed E-state index contributed by atoms with van der Waals surface area (Å²) in [7, 11) is 0. The first-order valence-electron chi connectivity index (χ1n) is 7.33. The number of carboxylic acids is 1. The minimum absolute atomic E-state index is 0.100. The lowest BCUT2D eigenvalue weighted by Crippen LogP contribution is -2.30. The molecule has 0 aromatic heterocycles. The highest BCUT2D eigenvalue weighted by Gasteiger charge is 2.04. The molecule has 2 aromatic rings. The molecule has 0 saturated carbocycles. The van der Waals surface area contributed by atoms with Crippen LogP contribution >= 0.6 is 0 Å². The van der Waals surface area contributed by atoms with E-state index >= 15 is 0 Å². The minimum atomic E-state index is -0.946. The zero-order chi connectivity index (χ0) is 16.7. The molecule has 0 aliphatic heterocycles. The van der Waals surface area contributed by atoms with Crippen LogP contribution in [-0.2, 0) is 9.59 Å². The predicted molar refractivity (Wildman–Crippen MR) is 87.4 cm³/mol. The fraction of sp³-hybridized carbons (Fsp3) is 0.222. The van der Waals surface area contributed by atoms with Gasteiger partial charge in [0, 0.05) is 6.54 Å². The predicted octanol–water partition coefficient (Wildman–Crippen LogP) is 2.63. The summed E-state index contributed by atoms with van der Waals surface area (Å²) in [6, 6.07) is 15.7. The van der Waals surface area contributed by atoms with Gasteiger partial charge in [0.05, 0.1) is 6.42 Å². The van der Waals surface area contributed by atoms with Crippen molar-refractivity contribution >= 4 is 11.9 Å². The zero-order valence-corrected chi connectivity index (χ0v) is 12.9. The number of aryl methyl sites for hydroxylation is 1. The van der Waals surface area contributed by atoms with Crippen molar-refractivity contribution in [2.45, 2.75) is 13.3 Å². The molecular weight excluding hydrogens is 294 g/mol. The van der Waals surface area contributed by atoms with Gasteiger partial charge in [-0.25, -0.2) is 0 Å². The molecule has 2 aromatic carbocycles. The van der Waals surface area contributed by atoms with Gasteiger partial charge in [0.15, 0.2) is 6.61 Å². The Labute approximate surface area is 134 Å². The minimum Gasteiger partial charge on any atom is -0.484 e. The summed E-state index contributed by atoms with van der Waals surface area (Å²) in [5.74, 6) is -0.693. The van der Waals surface area contributed by atoms with Crippen molar-refractivity contribution < 1.29 is 19.4 Å². The first kappa shape index (κ1) is 16.5. The first-order valence-corrected chi connectivity index (χ1v) is 7.33. The number of benzene rings is 2. The average Bonchev–Trinajstić information content (AvgIpc) is 2.54. The molecular formula is C18H19NO4. The Morgan fingerprint density at radius 1 is 1.00 bits per heavy atom. The fourth-order valence-corrected chi connectivity index (χ4v) is 2.00. The molecule has 0 saturated heterocycles. The normalized spacial score (nSPS) is 10.1. The Morgan fingerprint density at radius 3 is 2.13 bits per heavy atom. The molecule has 0 fully saturated rings. The van der Waals surface area contributed by atoms with Crippen molar-refractivity contribution in [1.82, 2.24) is 5.32 Å². The second-order valence-corrected chi connectivity index (χ2v) is 5.17. The summed E-state index contributed by atoms with van der Waals surface area (Å²) in [6.07, 6.45) is -0.100. The van der Waals surface area contributed by atoms with Crippen molar-refractivity contribution in [3.8, 4) is 16.9 Å². The largest absolute Gasteiger partial charge is 0.484 e. The maximum atomic E-state index is 11.5. The van der Waals surface area contributed by atoms with Gasteiger partial charge >= 0.3 is 5.97 Å². The lowest BCUT2D eigenvalue weighted by atomic mass is 10.0. The Kier molecular flexibility index (Phi) is 5.74. The summed E-state index contributed by atoms with van der Waals surface area (Å²) < 4.78 is 5.38. The monoisotopic (exact) mass is 313 g/mol. The van der Waals surface area contributed by atoms with Crippen LogP contribution in [-0.4, -0.2) is 30.1 Å². The summed E-state index contributed by atoms with van der Waals surface area (Å²) in [5, 5.41) is 11.0. The van der Waals surface area contributed by atoms with Crippen molar-refractivity contribution in [3.05, 3.63) is 54.1 Å². The molecule has 0 atom stereocenters. The quantitative estimate of drug-likeness (QED) is 0.824. The summed E-state index contributed by atoms with van der Waals surface area (Å²) in [6.45, 7) is 2.01. The van der Waals surface area contributed by atoms with Crippen LogP contribution in [0.5, 0.6) is 5.75 Å². The topological polar surface area (TPSA) is 75.6 Å². The molecule has 1 amide bonds. The van der Waals surface area contributed by atoms with Gasteiger partial charge in [0.1, 0.15) is 5.75 Å². The third-order valence-corrected chi connectivity index (χ3v) is 3.27. The van der Waals surface area contributed by atoms with Crippen LogP contribution < -0.4 is 10.1 Å². The molecule has 0 aliphatic rings. The van der Waals surface area contributed by atoms with Crippen molar-refractivity contribution in [2.75, 3.05) is 13.2 Å². The maximum absolute atomic E-state index is 11.5. The van der Waals surface area contributed by atoms with Crippen LogP contribution in [0.3, 0.4) is 0 Å². The molecule has 120 valence electrons. The number of aliphatic carboxylic acids is 1. The van der Waals surface area contributed by atoms with Gasteiger partial charge in [-0.3, -0.25) is 9.59 Å². The van der Waals surface area contributed by atoms with Crippen molar-refractivity contribution in [1.29, 1.82) is 0 Å². The van der Waals surface area contributed by atoms with Crippen LogP contribution in [0.15, 0.2) is 48.5 Å². The highest BCUT2D eigenvalue weighted by atomic mass is 16.5. The number of ether oxygens (including phenoxy) is 1. The van der Waals surface area contributed by atoms with E-state index < -0.39 is 5.97 Å². The molecule has 0 aliphatic carbocycles. The molecule has 0 unspecified atom stereocenters. The summed E-state index contributed by atoms with van der Waals surface area (Å²) >= 11 is 0. The van der Waals surface area contributed by atoms with Gasteiger partial charge < -0.3 is 15.2 Å². The standard InChI is InChI=1S/C18H19NO4/c1-13-2-4-14(5-3-13)15-6-8-16(9-7-15)23-12-17(20)19-11-10-18(21)22/h2-9H,10-12H2,1H3,(H,19,20)(H,21,22). The lowest BCUT2D eigenvalue weighted by Gasteiger charge is -2.08. The van der Waals surface area contributed by atoms with Crippen LogP contribution in [0.25, 0.3) is 11.1 Å². The zero-order valence-electron chi connectivity index (χ0n) is 12.9. The summed E-state index contributed by atoms with van der Waals surface area (Å²) in [5.41, 5.74) is 3.40. The number of carbonyl (C=O) groups is 2. The van der Waals surface area contributed by atoms with Gasteiger partial charge in [-0.15, -0.1) is 0 Å². The van der Waals surface area contributed by atoms with Crippen LogP contribution in [0.4, 0.5) is 0 Å². The van der Waals surface area contributed by atoms with Gasteiger partial charge in [0.2, 0.25) is 0 Å². The van der Waals surface area contributed by atoms with Crippen LogP contribution in [0.1, 0.15) is 12.0 Å². The molecule has 0 bridgehead atoms. The second-order valence-electron chi connectivity index (χ2n) is 5.17. The van der Waals surface area contributed by atoms with E-state index in [0.717, 1.165) is 11.1 Å². The smallest absolute Gasteiger partial charge is 0.305 e. The van der Waals surface area contributed by atoms with Gasteiger partial charge in [0.25, 0.3) is 5.91 Å². The average molecular weight is 313 g/mol. The Morgan fingerprint density at radius 2 is 1.57 bits per heavy atom. The van der Waals surface area contributed by atoms with E-state index in [2.05, 4.69) is 29.6 Å². The molecule has 5 heteroatoms. The van der Waals surface area contributed by atoms with Crippen LogP contribution in [0, 0.1) is 6.92 Å². The molecule has 23 heavy (non-hydrogen) atoms. The number of hydrogen-bond acceptors (Lipinski definition) is 3. The van der Waals surface area contributed by atoms with E-state index in [1.54, 1.807) is 12.1 Å². The summed E-state index contributed by atoms with van der Waals surface area (Å²) in [4.78, 5) is 21.8. The Hall–Kier alpha value is -2.82. The highest BCUT2D eigenvalue weighted by Crippen LogP contribution is 2.22. The number of carboxylic acid groups (broad SMARTS) is 1. The SMILES string of the molecule is Cc1ccc(-c2ccc(OCC(=O)NCCC(=O)O)cc2)cc1. The van der Waals surface area contributed by atoms with E-state index in [0.29, 0.717) is 5.75 Å². The Bertz CT molecular complexity index is 662. The third-order valence-electron chi connectivity index (χ3n) is 3.27. The molecule has 0 radical (unpaired) electrons. The lowest BCUT2D eigenvalue weighted by molar-refractivity contribution is -0.137. The molecule has 2 rings (SSSR count). The van der Waals surface area contributed by atoms with Gasteiger partial charge in [-0.1, -0.05) is 42.0 Å². The highest BCUT2D eigenvalue weighted by molar-refractivity contribution is 5.78. The van der Waals surface area contributed by atoms with Crippen molar-refractivity contribution in [2.24, 2.45) is 0 Å². The van der Waals surface area contributed by atoms with Gasteiger partial charge in [-0.2, -0.15) is 0 Å². The van der Waals surface area contributed by atoms with E-state index in [1.807, 2.05) is 19.1 Å². The van der Waals surface area contributed by atoms with Gasteiger partial charge in [-0.05, 0) is 30.2 Å². The third kappa shape index (κ3) is 5.47. The van der Waals surface area contributed by atoms with Crippen LogP contribution in [0.2, 0.25) is 0 Å². The van der Waals surface area contributed by atoms with E-state index in [4.69, 9.17) is 9.84 Å². The molecule has 5 nitrogen and oxygen atoms in total. The van der Waals surface area contributed by atoms with E-state index in [-0.39, 0.29) is 25.5 Å². The number of nitrogens with one attached hydrogen (secondary N) is 1. The molecule has 0 heterocycles. The number of hydrogen-bond donors (Lipinski definition) is 2. The fourth-order valence-electron chi connectivity index (χ4n) is 2.00. The maximum Gasteiger partial charge on any atom is 0.305 e. The second kappa shape index (κ2) is 7.98. The number of amides is 1. The number of rotatable bonds is 7. The van der Waals surface area contributed by atoms with E-state index in [1.165, 1.54) is 5.56 Å².